The highest BCUT2D eigenvalue weighted by Gasteiger charge is 2.43. The van der Waals surface area contributed by atoms with Crippen molar-refractivity contribution in [2.75, 3.05) is 19.7 Å². The number of hydrogen-bond donors (Lipinski definition) is 1. The molecule has 1 fully saturated rings. The Morgan fingerprint density at radius 1 is 1.22 bits per heavy atom. The van der Waals surface area contributed by atoms with Crippen LogP contribution in [0.4, 0.5) is 0 Å². The van der Waals surface area contributed by atoms with E-state index in [1.165, 1.54) is 18.4 Å². The van der Waals surface area contributed by atoms with Gasteiger partial charge in [0.25, 0.3) is 0 Å². The quantitative estimate of drug-likeness (QED) is 0.797. The second-order valence-corrected chi connectivity index (χ2v) is 5.76. The van der Waals surface area contributed by atoms with Crippen LogP contribution in [-0.4, -0.2) is 19.7 Å². The molecule has 0 saturated heterocycles. The maximum atomic E-state index is 5.49. The minimum atomic E-state index is 0.402. The average Bonchev–Trinajstić information content (AvgIpc) is 3.11. The molecule has 1 aliphatic carbocycles. The molecule has 0 amide bonds. The van der Waals surface area contributed by atoms with Crippen LogP contribution in [-0.2, 0) is 5.41 Å². The van der Waals surface area contributed by atoms with Crippen LogP contribution < -0.4 is 10.1 Å². The van der Waals surface area contributed by atoms with Crippen molar-refractivity contribution < 1.29 is 4.74 Å². The molecule has 0 aliphatic heterocycles. The van der Waals surface area contributed by atoms with E-state index in [1.54, 1.807) is 0 Å². The van der Waals surface area contributed by atoms with E-state index in [2.05, 4.69) is 43.4 Å². The second kappa shape index (κ2) is 5.75. The lowest BCUT2D eigenvalue weighted by molar-refractivity contribution is 0.340. The average molecular weight is 247 g/mol. The lowest BCUT2D eigenvalue weighted by Crippen LogP contribution is -2.29. The zero-order valence-electron chi connectivity index (χ0n) is 11.8. The SMILES string of the molecule is CCOc1ccc(C2(CNCC(C)C)CC2)cc1. The standard InChI is InChI=1S/C16H25NO/c1-4-18-15-7-5-14(6-8-15)16(9-10-16)12-17-11-13(2)3/h5-8,13,17H,4,9-12H2,1-3H3. The Bertz CT molecular complexity index is 365. The van der Waals surface area contributed by atoms with Gasteiger partial charge in [-0.1, -0.05) is 26.0 Å². The minimum Gasteiger partial charge on any atom is -0.494 e. The molecule has 1 aromatic rings. The zero-order chi connectivity index (χ0) is 13.0. The molecule has 0 aromatic heterocycles. The predicted molar refractivity (Wildman–Crippen MR) is 76.2 cm³/mol. The topological polar surface area (TPSA) is 21.3 Å². The van der Waals surface area contributed by atoms with Crippen molar-refractivity contribution in [3.8, 4) is 5.75 Å². The monoisotopic (exact) mass is 247 g/mol. The van der Waals surface area contributed by atoms with Gasteiger partial charge in [0.1, 0.15) is 5.75 Å². The smallest absolute Gasteiger partial charge is 0.119 e. The van der Waals surface area contributed by atoms with E-state index in [-0.39, 0.29) is 0 Å². The summed E-state index contributed by atoms with van der Waals surface area (Å²) >= 11 is 0. The Balaban J connectivity index is 1.93. The van der Waals surface area contributed by atoms with Crippen LogP contribution >= 0.6 is 0 Å². The Hall–Kier alpha value is -1.02. The van der Waals surface area contributed by atoms with Crippen LogP contribution in [0, 0.1) is 5.92 Å². The summed E-state index contributed by atoms with van der Waals surface area (Å²) in [7, 11) is 0. The molecule has 0 unspecified atom stereocenters. The van der Waals surface area contributed by atoms with Crippen LogP contribution in [0.5, 0.6) is 5.75 Å². The first-order chi connectivity index (χ1) is 8.66. The molecule has 2 rings (SSSR count). The second-order valence-electron chi connectivity index (χ2n) is 5.76. The van der Waals surface area contributed by atoms with Crippen molar-refractivity contribution in [3.63, 3.8) is 0 Å². The summed E-state index contributed by atoms with van der Waals surface area (Å²) in [4.78, 5) is 0. The van der Waals surface area contributed by atoms with Crippen molar-refractivity contribution in [2.45, 2.75) is 39.0 Å². The summed E-state index contributed by atoms with van der Waals surface area (Å²) in [6.07, 6.45) is 2.62. The number of benzene rings is 1. The van der Waals surface area contributed by atoms with Crippen LogP contribution in [0.1, 0.15) is 39.2 Å². The molecule has 100 valence electrons. The molecule has 18 heavy (non-hydrogen) atoms. The molecule has 0 bridgehead atoms. The molecule has 0 atom stereocenters. The van der Waals surface area contributed by atoms with Gasteiger partial charge in [-0.05, 0) is 49.9 Å². The van der Waals surface area contributed by atoms with Gasteiger partial charge in [-0.25, -0.2) is 0 Å². The third-order valence-corrected chi connectivity index (χ3v) is 3.65. The molecule has 2 nitrogen and oxygen atoms in total. The molecule has 1 N–H and O–H groups in total. The van der Waals surface area contributed by atoms with Crippen molar-refractivity contribution in [2.24, 2.45) is 5.92 Å². The summed E-state index contributed by atoms with van der Waals surface area (Å²) in [5.74, 6) is 1.70. The van der Waals surface area contributed by atoms with Crippen LogP contribution in [0.15, 0.2) is 24.3 Å². The molecule has 1 aliphatic rings. The zero-order valence-corrected chi connectivity index (χ0v) is 11.8. The largest absolute Gasteiger partial charge is 0.494 e. The maximum Gasteiger partial charge on any atom is 0.119 e. The van der Waals surface area contributed by atoms with E-state index in [4.69, 9.17) is 4.74 Å². The number of rotatable bonds is 7. The van der Waals surface area contributed by atoms with Gasteiger partial charge in [0.15, 0.2) is 0 Å². The Kier molecular flexibility index (Phi) is 4.28. The molecule has 2 heteroatoms. The fourth-order valence-electron chi connectivity index (χ4n) is 2.39. The Morgan fingerprint density at radius 3 is 2.39 bits per heavy atom. The first-order valence-corrected chi connectivity index (χ1v) is 7.10. The highest BCUT2D eigenvalue weighted by Crippen LogP contribution is 2.47. The van der Waals surface area contributed by atoms with Crippen LogP contribution in [0.3, 0.4) is 0 Å². The molecule has 0 heterocycles. The maximum absolute atomic E-state index is 5.49. The van der Waals surface area contributed by atoms with Gasteiger partial charge in [0.05, 0.1) is 6.61 Å². The molecule has 0 radical (unpaired) electrons. The number of nitrogens with one attached hydrogen (secondary N) is 1. The summed E-state index contributed by atoms with van der Waals surface area (Å²) in [5, 5.41) is 3.59. The lowest BCUT2D eigenvalue weighted by atomic mass is 9.95. The van der Waals surface area contributed by atoms with E-state index < -0.39 is 0 Å². The van der Waals surface area contributed by atoms with E-state index in [1.807, 2.05) is 6.92 Å². The normalized spacial score (nSPS) is 16.9. The Morgan fingerprint density at radius 2 is 1.89 bits per heavy atom. The first-order valence-electron chi connectivity index (χ1n) is 7.10. The highest BCUT2D eigenvalue weighted by atomic mass is 16.5. The van der Waals surface area contributed by atoms with Crippen LogP contribution in [0.2, 0.25) is 0 Å². The van der Waals surface area contributed by atoms with Gasteiger partial charge in [-0.2, -0.15) is 0 Å². The van der Waals surface area contributed by atoms with Gasteiger partial charge in [0.2, 0.25) is 0 Å². The van der Waals surface area contributed by atoms with Crippen molar-refractivity contribution in [1.82, 2.24) is 5.32 Å². The van der Waals surface area contributed by atoms with E-state index in [9.17, 15) is 0 Å². The molecular formula is C16H25NO. The van der Waals surface area contributed by atoms with Crippen LogP contribution in [0.25, 0.3) is 0 Å². The van der Waals surface area contributed by atoms with Crippen molar-refractivity contribution in [1.29, 1.82) is 0 Å². The summed E-state index contributed by atoms with van der Waals surface area (Å²) in [6.45, 7) is 9.48. The highest BCUT2D eigenvalue weighted by molar-refractivity contribution is 5.36. The van der Waals surface area contributed by atoms with Gasteiger partial charge in [0, 0.05) is 12.0 Å². The van der Waals surface area contributed by atoms with Crippen molar-refractivity contribution in [3.05, 3.63) is 29.8 Å². The lowest BCUT2D eigenvalue weighted by Gasteiger charge is -2.18. The first kappa shape index (κ1) is 13.4. The van der Waals surface area contributed by atoms with E-state index in [0.29, 0.717) is 5.41 Å². The summed E-state index contributed by atoms with van der Waals surface area (Å²) in [6, 6.07) is 8.66. The van der Waals surface area contributed by atoms with Crippen molar-refractivity contribution >= 4 is 0 Å². The predicted octanol–water partition coefficient (Wildman–Crippen LogP) is 3.36. The third kappa shape index (κ3) is 3.26. The van der Waals surface area contributed by atoms with Gasteiger partial charge < -0.3 is 10.1 Å². The third-order valence-electron chi connectivity index (χ3n) is 3.65. The molecule has 0 spiro atoms. The molecule has 1 saturated carbocycles. The Labute approximate surface area is 111 Å². The van der Waals surface area contributed by atoms with Gasteiger partial charge >= 0.3 is 0 Å². The fourth-order valence-corrected chi connectivity index (χ4v) is 2.39. The summed E-state index contributed by atoms with van der Waals surface area (Å²) in [5.41, 5.74) is 1.86. The number of ether oxygens (including phenoxy) is 1. The molecule has 1 aromatic carbocycles. The minimum absolute atomic E-state index is 0.402. The van der Waals surface area contributed by atoms with E-state index in [0.717, 1.165) is 31.4 Å². The fraction of sp³-hybridized carbons (Fsp3) is 0.625. The van der Waals surface area contributed by atoms with Gasteiger partial charge in [-0.15, -0.1) is 0 Å². The van der Waals surface area contributed by atoms with Gasteiger partial charge in [-0.3, -0.25) is 0 Å². The molecular weight excluding hydrogens is 222 g/mol. The number of hydrogen-bond acceptors (Lipinski definition) is 2. The summed E-state index contributed by atoms with van der Waals surface area (Å²) < 4.78 is 5.49. The van der Waals surface area contributed by atoms with E-state index >= 15 is 0 Å².